The van der Waals surface area contributed by atoms with E-state index in [-0.39, 0.29) is 0 Å². The summed E-state index contributed by atoms with van der Waals surface area (Å²) in [6, 6.07) is 23.4. The third kappa shape index (κ3) is 11.4. The van der Waals surface area contributed by atoms with Crippen LogP contribution in [0.3, 0.4) is 0 Å². The zero-order valence-electron chi connectivity index (χ0n) is 31.6. The fourth-order valence-electron chi connectivity index (χ4n) is 5.84. The van der Waals surface area contributed by atoms with E-state index in [1.807, 2.05) is 83.6 Å². The second-order valence-corrected chi connectivity index (χ2v) is 14.3. The molecule has 2 heterocycles. The number of anilines is 2. The molecular formula is C42H48N4O6S2. The number of thiazole rings is 2. The maximum Gasteiger partial charge on any atom is 0.180 e. The van der Waals surface area contributed by atoms with Crippen molar-refractivity contribution in [2.24, 2.45) is 0 Å². The van der Waals surface area contributed by atoms with Gasteiger partial charge in [-0.05, 0) is 123 Å². The normalized spacial score (nSPS) is 10.8. The van der Waals surface area contributed by atoms with Gasteiger partial charge in [-0.3, -0.25) is 0 Å². The van der Waals surface area contributed by atoms with Gasteiger partial charge in [-0.1, -0.05) is 0 Å². The highest BCUT2D eigenvalue weighted by atomic mass is 32.1. The van der Waals surface area contributed by atoms with Crippen LogP contribution in [0.1, 0.15) is 35.1 Å². The Labute approximate surface area is 325 Å². The summed E-state index contributed by atoms with van der Waals surface area (Å²) in [5.74, 6) is 4.77. The Morgan fingerprint density at radius 1 is 0.481 bits per heavy atom. The number of nitrogens with zero attached hydrogens (tertiary/aromatic N) is 2. The second-order valence-electron chi connectivity index (χ2n) is 12.5. The van der Waals surface area contributed by atoms with E-state index in [4.69, 9.17) is 39.9 Å². The maximum atomic E-state index is 6.02. The van der Waals surface area contributed by atoms with E-state index < -0.39 is 0 Å². The summed E-state index contributed by atoms with van der Waals surface area (Å²) in [5, 5.41) is 5.12. The summed E-state index contributed by atoms with van der Waals surface area (Å²) < 4.78 is 33.4. The zero-order chi connectivity index (χ0) is 38.5. The molecule has 0 saturated carbocycles. The van der Waals surface area contributed by atoms with Crippen LogP contribution in [-0.4, -0.2) is 50.6 Å². The van der Waals surface area contributed by atoms with Crippen molar-refractivity contribution in [1.29, 1.82) is 0 Å². The highest BCUT2D eigenvalue weighted by molar-refractivity contribution is 7.14. The quantitative estimate of drug-likeness (QED) is 0.0917. The SMILES string of the molecule is COCCCOc1ccc(Oc2cc(C)c(-c3csc(N)n3)c(C)c2)cc1.COCCCOc1ccc(Oc2cc(C)c(-c3csc(N)n3)c(C)c2)cc1. The van der Waals surface area contributed by atoms with E-state index >= 15 is 0 Å². The van der Waals surface area contributed by atoms with Gasteiger partial charge in [0.2, 0.25) is 0 Å². The van der Waals surface area contributed by atoms with Crippen molar-refractivity contribution in [2.75, 3.05) is 52.1 Å². The lowest BCUT2D eigenvalue weighted by Crippen LogP contribution is -2.01. The molecule has 0 unspecified atom stereocenters. The summed E-state index contributed by atoms with van der Waals surface area (Å²) in [6.07, 6.45) is 1.73. The van der Waals surface area contributed by atoms with Gasteiger partial charge in [0.05, 0.1) is 24.6 Å². The van der Waals surface area contributed by atoms with Crippen molar-refractivity contribution in [2.45, 2.75) is 40.5 Å². The standard InChI is InChI=1S/2C21H24N2O3S/c2*1-14-11-18(12-15(2)20(14)19-13-27-21(22)23-19)26-17-7-5-16(6-8-17)25-10-4-9-24-3/h2*5-8,11-13H,4,9-10H2,1-3H3,(H2,22,23). The predicted octanol–water partition coefficient (Wildman–Crippen LogP) is 10.4. The second kappa shape index (κ2) is 19.8. The molecule has 2 aromatic heterocycles. The van der Waals surface area contributed by atoms with Gasteiger partial charge in [-0.25, -0.2) is 9.97 Å². The number of methoxy groups -OCH3 is 2. The van der Waals surface area contributed by atoms with Gasteiger partial charge in [0.1, 0.15) is 34.5 Å². The average molecular weight is 769 g/mol. The molecule has 0 radical (unpaired) electrons. The molecule has 4 N–H and O–H groups in total. The molecule has 6 aromatic rings. The van der Waals surface area contributed by atoms with Crippen molar-refractivity contribution in [1.82, 2.24) is 9.97 Å². The van der Waals surface area contributed by atoms with E-state index in [9.17, 15) is 0 Å². The van der Waals surface area contributed by atoms with Gasteiger partial charge < -0.3 is 39.9 Å². The predicted molar refractivity (Wildman–Crippen MR) is 220 cm³/mol. The molecule has 0 saturated heterocycles. The molecule has 10 nitrogen and oxygen atoms in total. The van der Waals surface area contributed by atoms with Crippen LogP contribution in [0.2, 0.25) is 0 Å². The summed E-state index contributed by atoms with van der Waals surface area (Å²) in [4.78, 5) is 8.79. The molecule has 284 valence electrons. The maximum absolute atomic E-state index is 6.02. The Kier molecular flexibility index (Phi) is 14.7. The largest absolute Gasteiger partial charge is 0.494 e. The van der Waals surface area contributed by atoms with Gasteiger partial charge in [0.25, 0.3) is 0 Å². The first kappa shape index (κ1) is 40.1. The fraction of sp³-hybridized carbons (Fsp3) is 0.286. The Morgan fingerprint density at radius 2 is 0.815 bits per heavy atom. The van der Waals surface area contributed by atoms with Gasteiger partial charge >= 0.3 is 0 Å². The Balaban J connectivity index is 0.000000208. The zero-order valence-corrected chi connectivity index (χ0v) is 33.3. The smallest absolute Gasteiger partial charge is 0.180 e. The summed E-state index contributed by atoms with van der Waals surface area (Å²) >= 11 is 2.90. The van der Waals surface area contributed by atoms with Crippen LogP contribution < -0.4 is 30.4 Å². The lowest BCUT2D eigenvalue weighted by molar-refractivity contribution is 0.172. The molecule has 0 fully saturated rings. The first-order chi connectivity index (χ1) is 26.1. The van der Waals surface area contributed by atoms with Crippen LogP contribution in [0.15, 0.2) is 83.6 Å². The molecular weight excluding hydrogens is 721 g/mol. The van der Waals surface area contributed by atoms with E-state index in [1.165, 1.54) is 22.7 Å². The van der Waals surface area contributed by atoms with Gasteiger partial charge in [0.15, 0.2) is 10.3 Å². The highest BCUT2D eigenvalue weighted by Gasteiger charge is 2.13. The molecule has 0 aliphatic rings. The fourth-order valence-corrected chi connectivity index (χ4v) is 6.95. The van der Waals surface area contributed by atoms with Crippen molar-refractivity contribution in [3.05, 3.63) is 106 Å². The number of benzene rings is 4. The van der Waals surface area contributed by atoms with Crippen molar-refractivity contribution >= 4 is 32.9 Å². The monoisotopic (exact) mass is 768 g/mol. The van der Waals surface area contributed by atoms with Gasteiger partial charge in [-0.2, -0.15) is 0 Å². The van der Waals surface area contributed by atoms with Crippen LogP contribution in [0, 0.1) is 27.7 Å². The van der Waals surface area contributed by atoms with Gasteiger partial charge in [-0.15, -0.1) is 22.7 Å². The number of aryl methyl sites for hydroxylation is 4. The Morgan fingerprint density at radius 3 is 1.11 bits per heavy atom. The molecule has 0 aliphatic heterocycles. The van der Waals surface area contributed by atoms with E-state index in [0.29, 0.717) is 36.7 Å². The number of ether oxygens (including phenoxy) is 6. The van der Waals surface area contributed by atoms with Crippen molar-refractivity contribution in [3.63, 3.8) is 0 Å². The minimum Gasteiger partial charge on any atom is -0.494 e. The number of aromatic nitrogens is 2. The highest BCUT2D eigenvalue weighted by Crippen LogP contribution is 2.36. The number of hydrogen-bond acceptors (Lipinski definition) is 12. The Hall–Kier alpha value is -5.14. The van der Waals surface area contributed by atoms with Crippen LogP contribution in [0.5, 0.6) is 34.5 Å². The number of hydrogen-bond donors (Lipinski definition) is 2. The first-order valence-electron chi connectivity index (χ1n) is 17.6. The molecule has 0 bridgehead atoms. The molecule has 0 aliphatic carbocycles. The van der Waals surface area contributed by atoms with Crippen molar-refractivity contribution < 1.29 is 28.4 Å². The first-order valence-corrected chi connectivity index (χ1v) is 19.3. The summed E-state index contributed by atoms with van der Waals surface area (Å²) in [6.45, 7) is 10.9. The topological polar surface area (TPSA) is 133 Å². The average Bonchev–Trinajstić information content (AvgIpc) is 3.77. The molecule has 0 amide bonds. The molecule has 0 spiro atoms. The number of nitrogens with two attached hydrogens (primary N) is 2. The molecule has 6 rings (SSSR count). The van der Waals surface area contributed by atoms with E-state index in [2.05, 4.69) is 37.7 Å². The van der Waals surface area contributed by atoms with Crippen LogP contribution >= 0.6 is 22.7 Å². The molecule has 12 heteroatoms. The summed E-state index contributed by atoms with van der Waals surface area (Å²) in [5.41, 5.74) is 20.0. The lowest BCUT2D eigenvalue weighted by Gasteiger charge is -2.13. The minimum atomic E-state index is 0.577. The third-order valence-corrected chi connectivity index (χ3v) is 9.56. The number of nitrogen functional groups attached to an aromatic ring is 2. The minimum absolute atomic E-state index is 0.577. The summed E-state index contributed by atoms with van der Waals surface area (Å²) in [7, 11) is 3.38. The van der Waals surface area contributed by atoms with Crippen LogP contribution in [0.4, 0.5) is 10.3 Å². The molecule has 4 aromatic carbocycles. The van der Waals surface area contributed by atoms with E-state index in [0.717, 1.165) is 92.1 Å². The Bertz CT molecular complexity index is 1880. The number of rotatable bonds is 16. The van der Waals surface area contributed by atoms with Crippen LogP contribution in [0.25, 0.3) is 22.5 Å². The third-order valence-electron chi connectivity index (χ3n) is 8.21. The molecule has 0 atom stereocenters. The van der Waals surface area contributed by atoms with E-state index in [1.54, 1.807) is 14.2 Å². The lowest BCUT2D eigenvalue weighted by atomic mass is 10.0. The van der Waals surface area contributed by atoms with Gasteiger partial charge in [0, 0.05) is 62.2 Å². The van der Waals surface area contributed by atoms with Crippen molar-refractivity contribution in [3.8, 4) is 57.0 Å². The van der Waals surface area contributed by atoms with Crippen LogP contribution in [-0.2, 0) is 9.47 Å². The molecule has 54 heavy (non-hydrogen) atoms.